The van der Waals surface area contributed by atoms with Crippen LogP contribution in [0.15, 0.2) is 73.4 Å². The van der Waals surface area contributed by atoms with E-state index in [1.54, 1.807) is 18.3 Å². The van der Waals surface area contributed by atoms with Crippen LogP contribution in [0.25, 0.3) is 16.6 Å². The predicted octanol–water partition coefficient (Wildman–Crippen LogP) is 6.62. The molecule has 0 spiro atoms. The summed E-state index contributed by atoms with van der Waals surface area (Å²) in [6.45, 7) is 4.28. The highest BCUT2D eigenvalue weighted by Crippen LogP contribution is 2.43. The molecule has 0 saturated carbocycles. The molecular weight excluding hydrogens is 514 g/mol. The molecule has 0 aliphatic carbocycles. The molecule has 4 heterocycles. The van der Waals surface area contributed by atoms with Gasteiger partial charge in [0.15, 0.2) is 5.60 Å². The maximum Gasteiger partial charge on any atom is 0.287 e. The fourth-order valence-electron chi connectivity index (χ4n) is 4.98. The molecular formula is C30H30F2N6O2. The zero-order chi connectivity index (χ0) is 27.9. The number of nitrogens with one attached hydrogen (secondary N) is 1. The number of imidazole rings is 1. The second kappa shape index (κ2) is 10.0. The summed E-state index contributed by atoms with van der Waals surface area (Å²) in [7, 11) is 1.85. The van der Waals surface area contributed by atoms with Crippen LogP contribution >= 0.6 is 0 Å². The molecule has 1 fully saturated rings. The molecule has 0 bridgehead atoms. The average Bonchev–Trinajstić information content (AvgIpc) is 3.37. The quantitative estimate of drug-likeness (QED) is 0.257. The van der Waals surface area contributed by atoms with Crippen molar-refractivity contribution in [3.8, 4) is 17.2 Å². The molecule has 0 radical (unpaired) electrons. The summed E-state index contributed by atoms with van der Waals surface area (Å²) >= 11 is 0. The molecule has 0 amide bonds. The van der Waals surface area contributed by atoms with Crippen LogP contribution in [0, 0.1) is 6.92 Å². The van der Waals surface area contributed by atoms with Gasteiger partial charge >= 0.3 is 0 Å². The Balaban J connectivity index is 1.29. The second-order valence-corrected chi connectivity index (χ2v) is 10.5. The van der Waals surface area contributed by atoms with Gasteiger partial charge in [-0.1, -0.05) is 6.07 Å². The van der Waals surface area contributed by atoms with Crippen LogP contribution in [0.1, 0.15) is 25.3 Å². The van der Waals surface area contributed by atoms with Crippen molar-refractivity contribution in [3.63, 3.8) is 0 Å². The Labute approximate surface area is 230 Å². The summed E-state index contributed by atoms with van der Waals surface area (Å²) in [4.78, 5) is 15.0. The van der Waals surface area contributed by atoms with E-state index in [0.717, 1.165) is 16.9 Å². The Bertz CT molecular complexity index is 1680. The third-order valence-electron chi connectivity index (χ3n) is 7.55. The van der Waals surface area contributed by atoms with Gasteiger partial charge in [0.1, 0.15) is 35.0 Å². The first kappa shape index (κ1) is 25.9. The maximum absolute atomic E-state index is 15.3. The first-order valence-corrected chi connectivity index (χ1v) is 13.2. The summed E-state index contributed by atoms with van der Waals surface area (Å²) in [5.74, 6) is -0.833. The van der Waals surface area contributed by atoms with Crippen molar-refractivity contribution in [2.75, 3.05) is 25.5 Å². The fraction of sp³-hybridized carbons (Fsp3) is 0.300. The number of anilines is 2. The molecule has 0 unspecified atom stereocenters. The Kier molecular flexibility index (Phi) is 6.50. The van der Waals surface area contributed by atoms with Crippen LogP contribution in [0.3, 0.4) is 0 Å². The third kappa shape index (κ3) is 4.90. The molecule has 8 nitrogen and oxygen atoms in total. The van der Waals surface area contributed by atoms with Crippen molar-refractivity contribution in [2.45, 2.75) is 38.2 Å². The van der Waals surface area contributed by atoms with E-state index in [2.05, 4.69) is 20.3 Å². The minimum Gasteiger partial charge on any atom is -0.480 e. The summed E-state index contributed by atoms with van der Waals surface area (Å²) < 4.78 is 44.8. The minimum absolute atomic E-state index is 0.192. The van der Waals surface area contributed by atoms with Gasteiger partial charge < -0.3 is 24.1 Å². The van der Waals surface area contributed by atoms with Gasteiger partial charge in [0, 0.05) is 56.3 Å². The zero-order valence-corrected chi connectivity index (χ0v) is 22.6. The number of hydrogen-bond donors (Lipinski definition) is 1. The van der Waals surface area contributed by atoms with Gasteiger partial charge in [-0.3, -0.25) is 0 Å². The fourth-order valence-corrected chi connectivity index (χ4v) is 4.98. The van der Waals surface area contributed by atoms with E-state index in [0.29, 0.717) is 47.1 Å². The molecule has 2 aromatic carbocycles. The van der Waals surface area contributed by atoms with Crippen LogP contribution in [0.2, 0.25) is 0 Å². The number of pyridine rings is 1. The second-order valence-electron chi connectivity index (χ2n) is 10.5. The number of aromatic nitrogens is 4. The van der Waals surface area contributed by atoms with E-state index in [1.165, 1.54) is 13.3 Å². The third-order valence-corrected chi connectivity index (χ3v) is 7.55. The van der Waals surface area contributed by atoms with Crippen LogP contribution in [-0.2, 0) is 0 Å². The predicted molar refractivity (Wildman–Crippen MR) is 150 cm³/mol. The number of rotatable bonds is 6. The van der Waals surface area contributed by atoms with Gasteiger partial charge in [-0.2, -0.15) is 0 Å². The summed E-state index contributed by atoms with van der Waals surface area (Å²) in [5, 5.41) is 3.88. The Hall–Kier alpha value is -4.31. The average molecular weight is 545 g/mol. The molecule has 1 atom stereocenters. The molecule has 5 aromatic rings. The summed E-state index contributed by atoms with van der Waals surface area (Å²) in [6.07, 6.45) is 6.87. The lowest BCUT2D eigenvalue weighted by Crippen LogP contribution is -2.50. The highest BCUT2D eigenvalue weighted by Gasteiger charge is 2.53. The number of aryl methyl sites for hydroxylation is 1. The number of likely N-dealkylation sites (tertiary alicyclic amines) is 1. The molecule has 1 N–H and O–H groups in total. The molecule has 40 heavy (non-hydrogen) atoms. The number of hydrogen-bond acceptors (Lipinski definition) is 7. The topological polar surface area (TPSA) is 76.8 Å². The largest absolute Gasteiger partial charge is 0.480 e. The van der Waals surface area contributed by atoms with E-state index in [9.17, 15) is 0 Å². The SMILES string of the molecule is Cc1cc(Nc2ncnc3cccc(O[C@]4(C)CCN(C)CCC4(F)F)c23)ccc1Oc1ccn2ccnc2c1. The van der Waals surface area contributed by atoms with Gasteiger partial charge in [-0.05, 0) is 62.9 Å². The molecule has 206 valence electrons. The van der Waals surface area contributed by atoms with Gasteiger partial charge in [-0.15, -0.1) is 0 Å². The Morgan fingerprint density at radius 1 is 0.950 bits per heavy atom. The Morgan fingerprint density at radius 2 is 1.80 bits per heavy atom. The van der Waals surface area contributed by atoms with Crippen LogP contribution in [0.5, 0.6) is 17.2 Å². The van der Waals surface area contributed by atoms with Crippen molar-refractivity contribution in [2.24, 2.45) is 0 Å². The molecule has 10 heteroatoms. The molecule has 6 rings (SSSR count). The lowest BCUT2D eigenvalue weighted by Gasteiger charge is -2.36. The molecule has 1 saturated heterocycles. The molecule has 1 aliphatic rings. The zero-order valence-electron chi connectivity index (χ0n) is 22.6. The van der Waals surface area contributed by atoms with Crippen LogP contribution in [-0.4, -0.2) is 55.9 Å². The van der Waals surface area contributed by atoms with Crippen molar-refractivity contribution < 1.29 is 18.3 Å². The standard InChI is InChI=1S/C30H30F2N6O2/c1-20-17-21(7-8-24(20)39-22-9-13-38-16-12-33-26(38)18-22)36-28-27-23(34-19-35-28)5-4-6-25(27)40-29(2)10-14-37(3)15-11-30(29,31)32/h4-9,12-13,16-19H,10-11,14-15H2,1-3H3,(H,34,35,36)/t29-/m1/s1. The van der Waals surface area contributed by atoms with E-state index < -0.39 is 11.5 Å². The number of benzene rings is 2. The molecule has 1 aliphatic heterocycles. The van der Waals surface area contributed by atoms with Crippen molar-refractivity contribution in [3.05, 3.63) is 79.0 Å². The molecule has 3 aromatic heterocycles. The van der Waals surface area contributed by atoms with Gasteiger partial charge in [-0.25, -0.2) is 23.7 Å². The summed E-state index contributed by atoms with van der Waals surface area (Å²) in [6, 6.07) is 14.7. The van der Waals surface area contributed by atoms with Gasteiger partial charge in [0.05, 0.1) is 10.9 Å². The lowest BCUT2D eigenvalue weighted by atomic mass is 9.92. The van der Waals surface area contributed by atoms with E-state index in [1.807, 2.05) is 72.1 Å². The number of nitrogens with zero attached hydrogens (tertiary/aromatic N) is 5. The minimum atomic E-state index is -3.00. The van der Waals surface area contributed by atoms with Gasteiger partial charge in [0.25, 0.3) is 5.92 Å². The van der Waals surface area contributed by atoms with Crippen molar-refractivity contribution in [1.82, 2.24) is 24.3 Å². The normalized spacial score (nSPS) is 19.4. The first-order chi connectivity index (χ1) is 19.2. The number of ether oxygens (including phenoxy) is 2. The summed E-state index contributed by atoms with van der Waals surface area (Å²) in [5.41, 5.74) is 1.38. The van der Waals surface area contributed by atoms with Crippen LogP contribution in [0.4, 0.5) is 20.3 Å². The maximum atomic E-state index is 15.3. The monoisotopic (exact) mass is 544 g/mol. The highest BCUT2D eigenvalue weighted by molar-refractivity contribution is 5.95. The van der Waals surface area contributed by atoms with Crippen molar-refractivity contribution in [1.29, 1.82) is 0 Å². The number of fused-ring (bicyclic) bond motifs is 2. The number of halogens is 2. The van der Waals surface area contributed by atoms with Crippen molar-refractivity contribution >= 4 is 28.1 Å². The highest BCUT2D eigenvalue weighted by atomic mass is 19.3. The number of alkyl halides is 2. The van der Waals surface area contributed by atoms with E-state index in [-0.39, 0.29) is 12.8 Å². The Morgan fingerprint density at radius 3 is 2.65 bits per heavy atom. The van der Waals surface area contributed by atoms with Crippen LogP contribution < -0.4 is 14.8 Å². The smallest absolute Gasteiger partial charge is 0.287 e. The van der Waals surface area contributed by atoms with Gasteiger partial charge in [0.2, 0.25) is 0 Å². The van der Waals surface area contributed by atoms with E-state index in [4.69, 9.17) is 9.47 Å². The lowest BCUT2D eigenvalue weighted by molar-refractivity contribution is -0.156. The van der Waals surface area contributed by atoms with E-state index >= 15 is 8.78 Å². The first-order valence-electron chi connectivity index (χ1n) is 13.2.